The van der Waals surface area contributed by atoms with Crippen LogP contribution in [-0.4, -0.2) is 35.7 Å². The Labute approximate surface area is 138 Å². The van der Waals surface area contributed by atoms with Gasteiger partial charge in [-0.1, -0.05) is 0 Å². The summed E-state index contributed by atoms with van der Waals surface area (Å²) in [6.07, 6.45) is 1.56. The van der Waals surface area contributed by atoms with E-state index in [1.807, 2.05) is 0 Å². The van der Waals surface area contributed by atoms with Crippen molar-refractivity contribution in [3.63, 3.8) is 0 Å². The van der Waals surface area contributed by atoms with Crippen LogP contribution in [0, 0.1) is 0 Å². The summed E-state index contributed by atoms with van der Waals surface area (Å²) in [6.45, 7) is 1.55. The Bertz CT molecular complexity index is 657. The Morgan fingerprint density at radius 1 is 1.39 bits per heavy atom. The largest absolute Gasteiger partial charge is 0.449 e. The van der Waals surface area contributed by atoms with E-state index in [1.165, 1.54) is 0 Å². The quantitative estimate of drug-likeness (QED) is 0.822. The maximum Gasteiger partial charge on any atom is 0.338 e. The first-order chi connectivity index (χ1) is 11.0. The summed E-state index contributed by atoms with van der Waals surface area (Å²) in [4.78, 5) is 36.6. The molecule has 2 aliphatic rings. The number of thioether (sulfide) groups is 1. The van der Waals surface area contributed by atoms with Crippen molar-refractivity contribution >= 4 is 35.2 Å². The molecule has 3 rings (SSSR count). The summed E-state index contributed by atoms with van der Waals surface area (Å²) in [7, 11) is 0. The van der Waals surface area contributed by atoms with Crippen LogP contribution in [0.3, 0.4) is 0 Å². The second-order valence-corrected chi connectivity index (χ2v) is 6.82. The second kappa shape index (κ2) is 6.62. The molecular formula is C16H18N2O4S. The highest BCUT2D eigenvalue weighted by Gasteiger charge is 2.27. The van der Waals surface area contributed by atoms with Gasteiger partial charge in [-0.05, 0) is 38.0 Å². The van der Waals surface area contributed by atoms with Crippen molar-refractivity contribution in [3.05, 3.63) is 23.8 Å². The van der Waals surface area contributed by atoms with Crippen LogP contribution >= 0.6 is 11.8 Å². The highest BCUT2D eigenvalue weighted by Crippen LogP contribution is 2.31. The second-order valence-electron chi connectivity index (χ2n) is 5.69. The van der Waals surface area contributed by atoms with Crippen molar-refractivity contribution in [2.75, 3.05) is 11.1 Å². The van der Waals surface area contributed by atoms with E-state index in [0.29, 0.717) is 23.4 Å². The van der Waals surface area contributed by atoms with Gasteiger partial charge in [0, 0.05) is 23.1 Å². The van der Waals surface area contributed by atoms with E-state index >= 15 is 0 Å². The van der Waals surface area contributed by atoms with Crippen molar-refractivity contribution in [2.24, 2.45) is 0 Å². The zero-order valence-corrected chi connectivity index (χ0v) is 13.6. The normalized spacial score (nSPS) is 18.2. The molecule has 23 heavy (non-hydrogen) atoms. The molecule has 2 N–H and O–H groups in total. The van der Waals surface area contributed by atoms with Crippen molar-refractivity contribution < 1.29 is 19.1 Å². The van der Waals surface area contributed by atoms with Gasteiger partial charge >= 0.3 is 5.97 Å². The molecule has 122 valence electrons. The molecule has 2 amide bonds. The zero-order valence-electron chi connectivity index (χ0n) is 12.8. The Morgan fingerprint density at radius 3 is 2.91 bits per heavy atom. The highest BCUT2D eigenvalue weighted by molar-refractivity contribution is 7.99. The van der Waals surface area contributed by atoms with E-state index in [4.69, 9.17) is 4.74 Å². The molecule has 1 aromatic rings. The van der Waals surface area contributed by atoms with Crippen LogP contribution < -0.4 is 10.6 Å². The molecule has 7 heteroatoms. The van der Waals surface area contributed by atoms with Gasteiger partial charge in [0.1, 0.15) is 0 Å². The number of fused-ring (bicyclic) bond motifs is 1. The Morgan fingerprint density at radius 2 is 2.17 bits per heavy atom. The minimum absolute atomic E-state index is 0.0704. The first kappa shape index (κ1) is 15.9. The average Bonchev–Trinajstić information content (AvgIpc) is 3.33. The van der Waals surface area contributed by atoms with E-state index < -0.39 is 12.1 Å². The number of amides is 2. The maximum absolute atomic E-state index is 12.2. The molecule has 1 heterocycles. The minimum atomic E-state index is -0.842. The fraction of sp³-hybridized carbons (Fsp3) is 0.438. The highest BCUT2D eigenvalue weighted by atomic mass is 32.2. The molecule has 1 saturated carbocycles. The lowest BCUT2D eigenvalue weighted by molar-refractivity contribution is -0.129. The number of carbonyl (C=O) groups is 3. The molecule has 0 aromatic heterocycles. The standard InChI is InChI=1S/C16H18N2O4S/c1-9(15(20)17-11-3-4-11)22-16(21)10-2-5-13-12(8-10)18-14(19)6-7-23-13/h2,5,8-9,11H,3-4,6-7H2,1H3,(H,17,20)(H,18,19)/t9-/m1/s1. The van der Waals surface area contributed by atoms with E-state index in [9.17, 15) is 14.4 Å². The minimum Gasteiger partial charge on any atom is -0.449 e. The zero-order chi connectivity index (χ0) is 16.4. The molecular weight excluding hydrogens is 316 g/mol. The van der Waals surface area contributed by atoms with Crippen molar-refractivity contribution in [1.29, 1.82) is 0 Å². The molecule has 1 aliphatic carbocycles. The number of ether oxygens (including phenoxy) is 1. The number of carbonyl (C=O) groups excluding carboxylic acids is 3. The van der Waals surface area contributed by atoms with Crippen molar-refractivity contribution in [2.45, 2.75) is 43.2 Å². The average molecular weight is 334 g/mol. The van der Waals surface area contributed by atoms with Gasteiger partial charge in [-0.2, -0.15) is 0 Å². The molecule has 0 unspecified atom stereocenters. The SMILES string of the molecule is C[C@@H](OC(=O)c1ccc2c(c1)NC(=O)CCS2)C(=O)NC1CC1. The summed E-state index contributed by atoms with van der Waals surface area (Å²) in [5.41, 5.74) is 0.930. The van der Waals surface area contributed by atoms with Crippen LogP contribution in [0.1, 0.15) is 36.5 Å². The molecule has 1 aromatic carbocycles. The topological polar surface area (TPSA) is 84.5 Å². The van der Waals surface area contributed by atoms with Gasteiger partial charge in [0.05, 0.1) is 11.3 Å². The van der Waals surface area contributed by atoms with Gasteiger partial charge in [0.15, 0.2) is 6.10 Å². The number of nitrogens with one attached hydrogen (secondary N) is 2. The molecule has 0 radical (unpaired) electrons. The number of benzene rings is 1. The van der Waals surface area contributed by atoms with Crippen LogP contribution in [0.4, 0.5) is 5.69 Å². The summed E-state index contributed by atoms with van der Waals surface area (Å²) in [5.74, 6) is -0.214. The Kier molecular flexibility index (Phi) is 4.56. The van der Waals surface area contributed by atoms with E-state index in [1.54, 1.807) is 36.9 Å². The van der Waals surface area contributed by atoms with E-state index in [-0.39, 0.29) is 17.9 Å². The van der Waals surface area contributed by atoms with Gasteiger partial charge in [-0.3, -0.25) is 9.59 Å². The van der Waals surface area contributed by atoms with Crippen LogP contribution in [0.25, 0.3) is 0 Å². The molecule has 0 spiro atoms. The summed E-state index contributed by atoms with van der Waals surface area (Å²) >= 11 is 1.57. The maximum atomic E-state index is 12.2. The lowest BCUT2D eigenvalue weighted by atomic mass is 10.2. The predicted octanol–water partition coefficient (Wildman–Crippen LogP) is 1.94. The predicted molar refractivity (Wildman–Crippen MR) is 86.5 cm³/mol. The van der Waals surface area contributed by atoms with Crippen molar-refractivity contribution in [3.8, 4) is 0 Å². The van der Waals surface area contributed by atoms with Crippen molar-refractivity contribution in [1.82, 2.24) is 5.32 Å². The Hall–Kier alpha value is -2.02. The molecule has 0 bridgehead atoms. The van der Waals surface area contributed by atoms with Gasteiger partial charge in [0.2, 0.25) is 5.91 Å². The molecule has 0 saturated heterocycles. The number of esters is 1. The lowest BCUT2D eigenvalue weighted by Gasteiger charge is -2.14. The third kappa shape index (κ3) is 4.04. The van der Waals surface area contributed by atoms with Crippen LogP contribution in [-0.2, 0) is 14.3 Å². The van der Waals surface area contributed by atoms with Crippen LogP contribution in [0.15, 0.2) is 23.1 Å². The summed E-state index contributed by atoms with van der Waals surface area (Å²) < 4.78 is 5.21. The lowest BCUT2D eigenvalue weighted by Crippen LogP contribution is -2.37. The first-order valence-corrected chi connectivity index (χ1v) is 8.59. The fourth-order valence-electron chi connectivity index (χ4n) is 2.18. The van der Waals surface area contributed by atoms with Gasteiger partial charge in [-0.15, -0.1) is 11.8 Å². The number of hydrogen-bond donors (Lipinski definition) is 2. The van der Waals surface area contributed by atoms with Gasteiger partial charge in [-0.25, -0.2) is 4.79 Å². The molecule has 1 aliphatic heterocycles. The van der Waals surface area contributed by atoms with Crippen LogP contribution in [0.5, 0.6) is 0 Å². The summed E-state index contributed by atoms with van der Waals surface area (Å²) in [5, 5.41) is 5.58. The number of hydrogen-bond acceptors (Lipinski definition) is 5. The number of rotatable bonds is 4. The third-order valence-corrected chi connectivity index (χ3v) is 4.73. The fourth-order valence-corrected chi connectivity index (χ4v) is 3.11. The third-order valence-electron chi connectivity index (χ3n) is 3.65. The van der Waals surface area contributed by atoms with E-state index in [2.05, 4.69) is 10.6 Å². The molecule has 1 fully saturated rings. The van der Waals surface area contributed by atoms with E-state index in [0.717, 1.165) is 17.7 Å². The molecule has 1 atom stereocenters. The first-order valence-electron chi connectivity index (χ1n) is 7.61. The number of anilines is 1. The van der Waals surface area contributed by atoms with Crippen LogP contribution in [0.2, 0.25) is 0 Å². The Balaban J connectivity index is 1.67. The monoisotopic (exact) mass is 334 g/mol. The summed E-state index contributed by atoms with van der Waals surface area (Å²) in [6, 6.07) is 5.26. The molecule has 6 nitrogen and oxygen atoms in total. The smallest absolute Gasteiger partial charge is 0.338 e. The van der Waals surface area contributed by atoms with Gasteiger partial charge in [0.25, 0.3) is 5.91 Å². The van der Waals surface area contributed by atoms with Gasteiger partial charge < -0.3 is 15.4 Å².